The zero-order chi connectivity index (χ0) is 14.5. The molecule has 0 atom stereocenters. The number of nitrogens with one attached hydrogen (secondary N) is 1. The molecule has 1 heterocycles. The van der Waals surface area contributed by atoms with Crippen molar-refractivity contribution in [3.8, 4) is 23.4 Å². The van der Waals surface area contributed by atoms with Crippen LogP contribution in [0.25, 0.3) is 0 Å². The number of hydrazine groups is 1. The van der Waals surface area contributed by atoms with Gasteiger partial charge < -0.3 is 14.9 Å². The van der Waals surface area contributed by atoms with Crippen LogP contribution >= 0.6 is 0 Å². The first-order valence-electron chi connectivity index (χ1n) is 5.42. The highest BCUT2D eigenvalue weighted by Gasteiger charge is 2.14. The number of methoxy groups -OCH3 is 1. The quantitative estimate of drug-likeness (QED) is 0.644. The van der Waals surface area contributed by atoms with E-state index in [1.54, 1.807) is 6.07 Å². The molecule has 2 aromatic rings. The maximum absolute atomic E-state index is 13.5. The largest absolute Gasteiger partial charge is 0.489 e. The van der Waals surface area contributed by atoms with Crippen LogP contribution in [0.5, 0.6) is 17.4 Å². The molecule has 0 saturated carbocycles. The molecule has 7 nitrogen and oxygen atoms in total. The Hall–Kier alpha value is -2.92. The van der Waals surface area contributed by atoms with E-state index in [4.69, 9.17) is 20.6 Å². The summed E-state index contributed by atoms with van der Waals surface area (Å²) in [5.74, 6) is 5.24. The van der Waals surface area contributed by atoms with Gasteiger partial charge >= 0.3 is 0 Å². The van der Waals surface area contributed by atoms with Crippen LogP contribution in [-0.2, 0) is 0 Å². The summed E-state index contributed by atoms with van der Waals surface area (Å²) in [4.78, 5) is 7.73. The summed E-state index contributed by atoms with van der Waals surface area (Å²) in [6.07, 6.45) is 1.22. The SMILES string of the molecule is COc1c(NN)ncnc1Oc1ccc(C#N)c(F)c1. The average Bonchev–Trinajstić information content (AvgIpc) is 2.47. The second-order valence-corrected chi connectivity index (χ2v) is 3.56. The molecule has 0 fully saturated rings. The molecule has 0 aliphatic rings. The van der Waals surface area contributed by atoms with E-state index < -0.39 is 5.82 Å². The molecular formula is C12H10FN5O2. The van der Waals surface area contributed by atoms with E-state index >= 15 is 0 Å². The van der Waals surface area contributed by atoms with E-state index in [1.807, 2.05) is 0 Å². The summed E-state index contributed by atoms with van der Waals surface area (Å²) < 4.78 is 24.0. The lowest BCUT2D eigenvalue weighted by Crippen LogP contribution is -2.11. The van der Waals surface area contributed by atoms with Gasteiger partial charge in [-0.05, 0) is 12.1 Å². The minimum absolute atomic E-state index is 0.0690. The van der Waals surface area contributed by atoms with Crippen molar-refractivity contribution in [1.82, 2.24) is 9.97 Å². The van der Waals surface area contributed by atoms with Crippen molar-refractivity contribution >= 4 is 5.82 Å². The second-order valence-electron chi connectivity index (χ2n) is 3.56. The molecule has 0 bridgehead atoms. The minimum Gasteiger partial charge on any atom is -0.489 e. The van der Waals surface area contributed by atoms with Crippen molar-refractivity contribution in [2.24, 2.45) is 5.84 Å². The van der Waals surface area contributed by atoms with E-state index in [2.05, 4.69) is 15.4 Å². The summed E-state index contributed by atoms with van der Waals surface area (Å²) in [6.45, 7) is 0. The summed E-state index contributed by atoms with van der Waals surface area (Å²) in [6, 6.07) is 5.55. The zero-order valence-electron chi connectivity index (χ0n) is 10.4. The van der Waals surface area contributed by atoms with Crippen LogP contribution in [0.4, 0.5) is 10.2 Å². The smallest absolute Gasteiger partial charge is 0.268 e. The molecule has 102 valence electrons. The normalized spacial score (nSPS) is 9.70. The maximum Gasteiger partial charge on any atom is 0.268 e. The van der Waals surface area contributed by atoms with Gasteiger partial charge in [-0.1, -0.05) is 0 Å². The van der Waals surface area contributed by atoms with E-state index in [0.717, 1.165) is 6.07 Å². The zero-order valence-corrected chi connectivity index (χ0v) is 10.4. The van der Waals surface area contributed by atoms with Gasteiger partial charge in [0.05, 0.1) is 12.7 Å². The Labute approximate surface area is 113 Å². The maximum atomic E-state index is 13.5. The highest BCUT2D eigenvalue weighted by atomic mass is 19.1. The van der Waals surface area contributed by atoms with Crippen LogP contribution in [0, 0.1) is 17.1 Å². The third kappa shape index (κ3) is 2.57. The Balaban J connectivity index is 2.35. The van der Waals surface area contributed by atoms with Gasteiger partial charge in [0, 0.05) is 6.07 Å². The summed E-state index contributed by atoms with van der Waals surface area (Å²) in [7, 11) is 1.39. The molecule has 8 heteroatoms. The first kappa shape index (κ1) is 13.5. The van der Waals surface area contributed by atoms with Crippen molar-refractivity contribution in [2.45, 2.75) is 0 Å². The number of anilines is 1. The molecule has 0 aliphatic heterocycles. The molecule has 1 aromatic heterocycles. The molecule has 0 amide bonds. The lowest BCUT2D eigenvalue weighted by Gasteiger charge is -2.11. The monoisotopic (exact) mass is 275 g/mol. The fourth-order valence-corrected chi connectivity index (χ4v) is 1.48. The molecule has 20 heavy (non-hydrogen) atoms. The van der Waals surface area contributed by atoms with Gasteiger partial charge in [-0.25, -0.2) is 15.2 Å². The molecule has 0 spiro atoms. The van der Waals surface area contributed by atoms with E-state index in [9.17, 15) is 4.39 Å². The van der Waals surface area contributed by atoms with Crippen LogP contribution in [0.2, 0.25) is 0 Å². The first-order chi connectivity index (χ1) is 9.69. The Bertz CT molecular complexity index is 671. The number of nitriles is 1. The fourth-order valence-electron chi connectivity index (χ4n) is 1.48. The van der Waals surface area contributed by atoms with Crippen LogP contribution in [0.15, 0.2) is 24.5 Å². The first-order valence-corrected chi connectivity index (χ1v) is 5.42. The molecule has 0 unspecified atom stereocenters. The third-order valence-electron chi connectivity index (χ3n) is 2.39. The lowest BCUT2D eigenvalue weighted by atomic mass is 10.2. The Morgan fingerprint density at radius 2 is 2.20 bits per heavy atom. The summed E-state index contributed by atoms with van der Waals surface area (Å²) in [5, 5.41) is 8.66. The number of rotatable bonds is 4. The van der Waals surface area contributed by atoms with Crippen molar-refractivity contribution in [2.75, 3.05) is 12.5 Å². The predicted molar refractivity (Wildman–Crippen MR) is 67.6 cm³/mol. The van der Waals surface area contributed by atoms with Crippen LogP contribution < -0.4 is 20.7 Å². The van der Waals surface area contributed by atoms with Gasteiger partial charge in [0.15, 0.2) is 5.82 Å². The Morgan fingerprint density at radius 3 is 2.80 bits per heavy atom. The number of aromatic nitrogens is 2. The molecule has 0 aliphatic carbocycles. The van der Waals surface area contributed by atoms with E-state index in [-0.39, 0.29) is 28.8 Å². The van der Waals surface area contributed by atoms with Crippen molar-refractivity contribution < 1.29 is 13.9 Å². The fraction of sp³-hybridized carbons (Fsp3) is 0.0833. The number of hydrogen-bond acceptors (Lipinski definition) is 7. The highest BCUT2D eigenvalue weighted by Crippen LogP contribution is 2.33. The minimum atomic E-state index is -0.685. The molecule has 0 radical (unpaired) electrons. The van der Waals surface area contributed by atoms with Gasteiger partial charge in [0.25, 0.3) is 5.88 Å². The molecule has 3 N–H and O–H groups in total. The number of benzene rings is 1. The third-order valence-corrected chi connectivity index (χ3v) is 2.39. The van der Waals surface area contributed by atoms with Gasteiger partial charge in [-0.2, -0.15) is 10.2 Å². The number of nitrogens with zero attached hydrogens (tertiary/aromatic N) is 3. The van der Waals surface area contributed by atoms with Crippen LogP contribution in [-0.4, -0.2) is 17.1 Å². The second kappa shape index (κ2) is 5.81. The average molecular weight is 275 g/mol. The number of ether oxygens (including phenoxy) is 2. The van der Waals surface area contributed by atoms with E-state index in [1.165, 1.54) is 25.6 Å². The van der Waals surface area contributed by atoms with Gasteiger partial charge in [0.1, 0.15) is 24.0 Å². The molecule has 2 rings (SSSR count). The lowest BCUT2D eigenvalue weighted by molar-refractivity contribution is 0.368. The van der Waals surface area contributed by atoms with Crippen LogP contribution in [0.1, 0.15) is 5.56 Å². The predicted octanol–water partition coefficient (Wildman–Crippen LogP) is 1.57. The number of nitrogens with two attached hydrogens (primary N) is 1. The molecule has 0 saturated heterocycles. The van der Waals surface area contributed by atoms with Gasteiger partial charge in [0.2, 0.25) is 5.75 Å². The Kier molecular flexibility index (Phi) is 3.93. The summed E-state index contributed by atoms with van der Waals surface area (Å²) in [5.41, 5.74) is 2.26. The van der Waals surface area contributed by atoms with Crippen molar-refractivity contribution in [1.29, 1.82) is 5.26 Å². The highest BCUT2D eigenvalue weighted by molar-refractivity contribution is 5.55. The molecular weight excluding hydrogens is 265 g/mol. The van der Waals surface area contributed by atoms with Gasteiger partial charge in [-0.3, -0.25) is 0 Å². The Morgan fingerprint density at radius 1 is 1.40 bits per heavy atom. The van der Waals surface area contributed by atoms with E-state index in [0.29, 0.717) is 0 Å². The topological polar surface area (TPSA) is 106 Å². The van der Waals surface area contributed by atoms with Crippen LogP contribution in [0.3, 0.4) is 0 Å². The van der Waals surface area contributed by atoms with Gasteiger partial charge in [-0.15, -0.1) is 0 Å². The summed E-state index contributed by atoms with van der Waals surface area (Å²) >= 11 is 0. The number of nitrogen functional groups attached to an aromatic ring is 1. The number of hydrogen-bond donors (Lipinski definition) is 2. The van der Waals surface area contributed by atoms with Crippen molar-refractivity contribution in [3.63, 3.8) is 0 Å². The van der Waals surface area contributed by atoms with Crippen molar-refractivity contribution in [3.05, 3.63) is 35.9 Å². The standard InChI is InChI=1S/C12H10FN5O2/c1-19-10-11(18-15)16-6-17-12(10)20-8-3-2-7(5-14)9(13)4-8/h2-4,6H,15H2,1H3,(H,16,17,18). The number of halogens is 1. The molecule has 1 aromatic carbocycles.